The third-order valence-electron chi connectivity index (χ3n) is 3.73. The lowest BCUT2D eigenvalue weighted by molar-refractivity contribution is 0.199. The molecule has 0 amide bonds. The molecule has 2 aromatic carbocycles. The summed E-state index contributed by atoms with van der Waals surface area (Å²) in [6, 6.07) is 14.0. The van der Waals surface area contributed by atoms with Gasteiger partial charge in [0, 0.05) is 27.8 Å². The number of aliphatic hydroxyl groups is 1. The fourth-order valence-corrected chi connectivity index (χ4v) is 2.96. The van der Waals surface area contributed by atoms with Gasteiger partial charge in [0.2, 0.25) is 0 Å². The molecule has 0 aromatic heterocycles. The van der Waals surface area contributed by atoms with Crippen molar-refractivity contribution in [3.8, 4) is 0 Å². The second kappa shape index (κ2) is 6.82. The van der Waals surface area contributed by atoms with Gasteiger partial charge in [-0.2, -0.15) is 0 Å². The maximum absolute atomic E-state index is 10.0. The van der Waals surface area contributed by atoms with Crippen LogP contribution in [0.4, 0.5) is 5.69 Å². The van der Waals surface area contributed by atoms with Gasteiger partial charge < -0.3 is 10.0 Å². The summed E-state index contributed by atoms with van der Waals surface area (Å²) in [6.45, 7) is 3.91. The Balaban J connectivity index is 2.37. The van der Waals surface area contributed by atoms with Gasteiger partial charge in [-0.3, -0.25) is 0 Å². The van der Waals surface area contributed by atoms with Gasteiger partial charge in [0.15, 0.2) is 0 Å². The van der Waals surface area contributed by atoms with Crippen LogP contribution in [0.1, 0.15) is 37.1 Å². The molecule has 0 aliphatic rings. The first-order chi connectivity index (χ1) is 9.90. The molecule has 2 nitrogen and oxygen atoms in total. The molecule has 1 N–H and O–H groups in total. The number of anilines is 1. The highest BCUT2D eigenvalue weighted by molar-refractivity contribution is 9.10. The maximum Gasteiger partial charge on any atom is 0.0782 e. The molecule has 0 aliphatic heterocycles. The molecule has 0 radical (unpaired) electrons. The molecular formula is C17H19BrClNO. The Labute approximate surface area is 139 Å². The first-order valence-electron chi connectivity index (χ1n) is 6.86. The van der Waals surface area contributed by atoms with Crippen LogP contribution >= 0.6 is 27.5 Å². The SMILES string of the molecule is CC(O)c1cc(Br)ccc1N(C)C(C)c1cccc(Cl)c1. The van der Waals surface area contributed by atoms with E-state index in [9.17, 15) is 5.11 Å². The van der Waals surface area contributed by atoms with Crippen LogP contribution in [0.3, 0.4) is 0 Å². The van der Waals surface area contributed by atoms with Crippen molar-refractivity contribution in [3.05, 3.63) is 63.1 Å². The molecule has 0 aliphatic carbocycles. The molecule has 0 spiro atoms. The quantitative estimate of drug-likeness (QED) is 0.786. The van der Waals surface area contributed by atoms with E-state index in [1.807, 2.05) is 43.4 Å². The van der Waals surface area contributed by atoms with E-state index in [-0.39, 0.29) is 6.04 Å². The van der Waals surface area contributed by atoms with Gasteiger partial charge in [-0.1, -0.05) is 39.7 Å². The summed E-state index contributed by atoms with van der Waals surface area (Å²) < 4.78 is 0.964. The van der Waals surface area contributed by atoms with Crippen molar-refractivity contribution in [2.45, 2.75) is 26.0 Å². The van der Waals surface area contributed by atoms with Crippen molar-refractivity contribution >= 4 is 33.2 Å². The third-order valence-corrected chi connectivity index (χ3v) is 4.46. The molecule has 0 bridgehead atoms. The van der Waals surface area contributed by atoms with Gasteiger partial charge in [0.1, 0.15) is 0 Å². The van der Waals surface area contributed by atoms with Crippen molar-refractivity contribution in [2.24, 2.45) is 0 Å². The maximum atomic E-state index is 10.0. The van der Waals surface area contributed by atoms with Crippen LogP contribution in [0, 0.1) is 0 Å². The molecule has 112 valence electrons. The zero-order valence-electron chi connectivity index (χ0n) is 12.3. The molecule has 2 aromatic rings. The summed E-state index contributed by atoms with van der Waals surface area (Å²) in [5, 5.41) is 10.7. The molecule has 21 heavy (non-hydrogen) atoms. The highest BCUT2D eigenvalue weighted by Crippen LogP contribution is 2.33. The first-order valence-corrected chi connectivity index (χ1v) is 8.03. The molecule has 0 heterocycles. The Bertz CT molecular complexity index is 630. The zero-order chi connectivity index (χ0) is 15.6. The predicted molar refractivity (Wildman–Crippen MR) is 93.0 cm³/mol. The van der Waals surface area contributed by atoms with E-state index in [1.165, 1.54) is 0 Å². The molecule has 4 heteroatoms. The topological polar surface area (TPSA) is 23.5 Å². The Hall–Kier alpha value is -1.03. The monoisotopic (exact) mass is 367 g/mol. The van der Waals surface area contributed by atoms with Gasteiger partial charge >= 0.3 is 0 Å². The van der Waals surface area contributed by atoms with Crippen LogP contribution in [-0.2, 0) is 0 Å². The van der Waals surface area contributed by atoms with Crippen molar-refractivity contribution in [1.29, 1.82) is 0 Å². The third kappa shape index (κ3) is 3.79. The molecule has 0 saturated carbocycles. The predicted octanol–water partition coefficient (Wildman–Crippen LogP) is 5.35. The number of benzene rings is 2. The molecular weight excluding hydrogens is 350 g/mol. The standard InChI is InChI=1S/C17H19BrClNO/c1-11(13-5-4-6-15(19)9-13)20(3)17-8-7-14(18)10-16(17)12(2)21/h4-12,21H,1-3H3. The summed E-state index contributed by atoms with van der Waals surface area (Å²) >= 11 is 9.54. The molecule has 2 unspecified atom stereocenters. The van der Waals surface area contributed by atoms with Crippen molar-refractivity contribution < 1.29 is 5.11 Å². The Morgan fingerprint density at radius 1 is 1.14 bits per heavy atom. The van der Waals surface area contributed by atoms with Crippen molar-refractivity contribution in [2.75, 3.05) is 11.9 Å². The lowest BCUT2D eigenvalue weighted by Gasteiger charge is -2.30. The zero-order valence-corrected chi connectivity index (χ0v) is 14.7. The Kier molecular flexibility index (Phi) is 5.31. The minimum Gasteiger partial charge on any atom is -0.389 e. The van der Waals surface area contributed by atoms with Crippen LogP contribution in [0.15, 0.2) is 46.9 Å². The molecule has 0 saturated heterocycles. The number of halogens is 2. The normalized spacial score (nSPS) is 13.8. The molecule has 2 atom stereocenters. The van der Waals surface area contributed by atoms with E-state index in [2.05, 4.69) is 33.8 Å². The average molecular weight is 369 g/mol. The van der Waals surface area contributed by atoms with Gasteiger partial charge in [0.05, 0.1) is 12.1 Å². The van der Waals surface area contributed by atoms with E-state index in [4.69, 9.17) is 11.6 Å². The fraction of sp³-hybridized carbons (Fsp3) is 0.294. The van der Waals surface area contributed by atoms with E-state index < -0.39 is 6.10 Å². The summed E-state index contributed by atoms with van der Waals surface area (Å²) in [4.78, 5) is 2.15. The number of hydrogen-bond acceptors (Lipinski definition) is 2. The summed E-state index contributed by atoms with van der Waals surface area (Å²) in [5.41, 5.74) is 3.06. The van der Waals surface area contributed by atoms with Crippen LogP contribution < -0.4 is 4.90 Å². The van der Waals surface area contributed by atoms with Crippen LogP contribution in [0.25, 0.3) is 0 Å². The minimum atomic E-state index is -0.522. The smallest absolute Gasteiger partial charge is 0.0782 e. The lowest BCUT2D eigenvalue weighted by atomic mass is 10.0. The second-order valence-corrected chi connectivity index (χ2v) is 6.57. The van der Waals surface area contributed by atoms with Crippen LogP contribution in [-0.4, -0.2) is 12.2 Å². The van der Waals surface area contributed by atoms with E-state index in [0.717, 1.165) is 26.3 Å². The summed E-state index contributed by atoms with van der Waals surface area (Å²) in [5.74, 6) is 0. The fourth-order valence-electron chi connectivity index (χ4n) is 2.38. The van der Waals surface area contributed by atoms with Crippen LogP contribution in [0.2, 0.25) is 5.02 Å². The largest absolute Gasteiger partial charge is 0.389 e. The summed E-state index contributed by atoms with van der Waals surface area (Å²) in [7, 11) is 2.03. The van der Waals surface area contributed by atoms with Crippen LogP contribution in [0.5, 0.6) is 0 Å². The number of hydrogen-bond donors (Lipinski definition) is 1. The van der Waals surface area contributed by atoms with Gasteiger partial charge in [-0.05, 0) is 49.7 Å². The van der Waals surface area contributed by atoms with Crippen molar-refractivity contribution in [3.63, 3.8) is 0 Å². The second-order valence-electron chi connectivity index (χ2n) is 5.22. The Morgan fingerprint density at radius 3 is 2.48 bits per heavy atom. The highest BCUT2D eigenvalue weighted by atomic mass is 79.9. The van der Waals surface area contributed by atoms with E-state index in [1.54, 1.807) is 6.92 Å². The van der Waals surface area contributed by atoms with Gasteiger partial charge in [0.25, 0.3) is 0 Å². The molecule has 0 fully saturated rings. The Morgan fingerprint density at radius 2 is 1.86 bits per heavy atom. The first kappa shape index (κ1) is 16.3. The van der Waals surface area contributed by atoms with Gasteiger partial charge in [-0.15, -0.1) is 0 Å². The lowest BCUT2D eigenvalue weighted by Crippen LogP contribution is -2.23. The number of aliphatic hydroxyl groups excluding tert-OH is 1. The number of nitrogens with zero attached hydrogens (tertiary/aromatic N) is 1. The summed E-state index contributed by atoms with van der Waals surface area (Å²) in [6.07, 6.45) is -0.522. The van der Waals surface area contributed by atoms with Gasteiger partial charge in [-0.25, -0.2) is 0 Å². The highest BCUT2D eigenvalue weighted by Gasteiger charge is 2.18. The van der Waals surface area contributed by atoms with E-state index in [0.29, 0.717) is 0 Å². The molecule has 2 rings (SSSR count). The number of rotatable bonds is 4. The van der Waals surface area contributed by atoms with E-state index >= 15 is 0 Å². The van der Waals surface area contributed by atoms with Crippen molar-refractivity contribution in [1.82, 2.24) is 0 Å². The minimum absolute atomic E-state index is 0.155. The average Bonchev–Trinajstić information content (AvgIpc) is 2.45.